The molecule has 0 amide bonds. The molecule has 0 spiro atoms. The summed E-state index contributed by atoms with van der Waals surface area (Å²) in [4.78, 5) is 23.3. The summed E-state index contributed by atoms with van der Waals surface area (Å²) in [5.74, 6) is 0.934. The van der Waals surface area contributed by atoms with E-state index in [2.05, 4.69) is 77.3 Å². The van der Waals surface area contributed by atoms with Crippen LogP contribution in [0.2, 0.25) is 0 Å². The molecule has 0 saturated carbocycles. The van der Waals surface area contributed by atoms with Crippen molar-refractivity contribution in [2.24, 2.45) is 16.7 Å². The normalized spacial score (nSPS) is 12.9. The molecule has 1 radical (unpaired) electrons. The zero-order valence-electron chi connectivity index (χ0n) is 33.0. The third-order valence-corrected chi connectivity index (χ3v) is 14.6. The summed E-state index contributed by atoms with van der Waals surface area (Å²) in [5.41, 5.74) is 5.36. The maximum atomic E-state index is 12.2. The van der Waals surface area contributed by atoms with Gasteiger partial charge in [0, 0.05) is 67.1 Å². The van der Waals surface area contributed by atoms with Crippen LogP contribution in [0.25, 0.3) is 51.7 Å². The second kappa shape index (κ2) is 16.5. The van der Waals surface area contributed by atoms with E-state index in [0.717, 1.165) is 53.6 Å². The number of fused-ring (bicyclic) bond motifs is 6. The Balaban J connectivity index is 0.000000289. The predicted octanol–water partition coefficient (Wildman–Crippen LogP) is 14.2. The largest absolute Gasteiger partial charge is 0.512 e. The van der Waals surface area contributed by atoms with Gasteiger partial charge in [0.25, 0.3) is 0 Å². The van der Waals surface area contributed by atoms with E-state index in [-0.39, 0.29) is 47.9 Å². The average Bonchev–Trinajstić information content (AvgIpc) is 3.81. The molecule has 0 unspecified atom stereocenters. The van der Waals surface area contributed by atoms with Gasteiger partial charge >= 0.3 is 0 Å². The van der Waals surface area contributed by atoms with Crippen LogP contribution in [0.1, 0.15) is 118 Å². The molecule has 0 aliphatic carbocycles. The molecule has 0 bridgehead atoms. The molecule has 1 N–H and O–H groups in total. The van der Waals surface area contributed by atoms with Crippen LogP contribution in [0.15, 0.2) is 47.8 Å². The van der Waals surface area contributed by atoms with E-state index in [0.29, 0.717) is 5.92 Å². The van der Waals surface area contributed by atoms with Crippen LogP contribution in [-0.4, -0.2) is 20.9 Å². The number of benzene rings is 2. The van der Waals surface area contributed by atoms with Gasteiger partial charge in [-0.3, -0.25) is 9.78 Å². The number of aromatic nitrogens is 2. The van der Waals surface area contributed by atoms with Crippen LogP contribution in [0, 0.1) is 29.7 Å². The molecule has 6 aromatic rings. The number of carbonyl (C=O) groups is 1. The van der Waals surface area contributed by atoms with Crippen molar-refractivity contribution in [1.82, 2.24) is 9.97 Å². The minimum absolute atomic E-state index is 0. The molecule has 4 aromatic heterocycles. The summed E-state index contributed by atoms with van der Waals surface area (Å²) in [5, 5.41) is 16.1. The first kappa shape index (κ1) is 42.3. The predicted molar refractivity (Wildman–Crippen MR) is 225 cm³/mol. The summed E-state index contributed by atoms with van der Waals surface area (Å²) in [6.45, 7) is 25.8. The van der Waals surface area contributed by atoms with E-state index in [1.54, 1.807) is 17.7 Å². The number of hydrogen-bond acceptors (Lipinski definition) is 7. The summed E-state index contributed by atoms with van der Waals surface area (Å²) < 4.78 is 5.14. The van der Waals surface area contributed by atoms with Crippen molar-refractivity contribution in [3.05, 3.63) is 69.9 Å². The fourth-order valence-corrected chi connectivity index (χ4v) is 10.4. The van der Waals surface area contributed by atoms with Crippen LogP contribution in [0.4, 0.5) is 0 Å². The van der Waals surface area contributed by atoms with Gasteiger partial charge in [0.05, 0.1) is 5.52 Å². The Hall–Kier alpha value is -2.48. The molecule has 0 fully saturated rings. The Bertz CT molecular complexity index is 2220. The van der Waals surface area contributed by atoms with Gasteiger partial charge < -0.3 is 5.11 Å². The minimum Gasteiger partial charge on any atom is -0.512 e. The number of allylic oxidation sites excluding steroid dienone is 2. The van der Waals surface area contributed by atoms with E-state index < -0.39 is 0 Å². The molecule has 0 aliphatic rings. The number of aliphatic hydroxyl groups is 1. The standard InChI is InChI=1S/C29H27N2S3.C15H28O2.Ir/c1-15(2)11-22-16(3)19-7-8-21-23(27(19)34-22)25-28(33-21)24(30-14-31-25)18-12-17-9-10-32-26(17)20(13-18)29(4,5)6;1-7-14(5,8-2)12(16)11-13(17)15(6,9-3)10-4;/h7-10,13-15H,11H2,1-6H3;11,16H,7-10H2,1-6H3;/q-1;;/b;12-11-;. The Morgan fingerprint density at radius 1 is 0.904 bits per heavy atom. The van der Waals surface area contributed by atoms with Gasteiger partial charge in [0.15, 0.2) is 5.78 Å². The smallest absolute Gasteiger partial charge is 0.164 e. The van der Waals surface area contributed by atoms with Crippen LogP contribution in [-0.2, 0) is 36.7 Å². The Morgan fingerprint density at radius 3 is 2.15 bits per heavy atom. The number of carbonyl (C=O) groups excluding carboxylic acids is 1. The van der Waals surface area contributed by atoms with Crippen molar-refractivity contribution < 1.29 is 30.0 Å². The van der Waals surface area contributed by atoms with Gasteiger partial charge in [0.2, 0.25) is 0 Å². The molecule has 0 atom stereocenters. The summed E-state index contributed by atoms with van der Waals surface area (Å²) in [6.07, 6.45) is 7.62. The number of ketones is 1. The van der Waals surface area contributed by atoms with Crippen molar-refractivity contribution in [3.63, 3.8) is 0 Å². The van der Waals surface area contributed by atoms with Gasteiger partial charge in [-0.1, -0.05) is 93.4 Å². The summed E-state index contributed by atoms with van der Waals surface area (Å²) >= 11 is 5.56. The SMILES string of the molecule is CCC(C)(CC)C(=O)/C=C(\O)C(C)(CC)CC.Cc1c(CC(C)C)sc2c1ccc1sc3c(-c4[c-]c5ccsc5c(C(C)(C)C)c4)ncnc3c12.[Ir]. The first-order valence-electron chi connectivity index (χ1n) is 18.5. The topological polar surface area (TPSA) is 63.1 Å². The maximum Gasteiger partial charge on any atom is 0.164 e. The molecule has 4 heterocycles. The van der Waals surface area contributed by atoms with E-state index in [1.807, 2.05) is 64.2 Å². The summed E-state index contributed by atoms with van der Waals surface area (Å²) in [6, 6.07) is 12.7. The molecule has 4 nitrogen and oxygen atoms in total. The third-order valence-electron chi connectivity index (χ3n) is 11.1. The second-order valence-corrected chi connectivity index (χ2v) is 19.1. The van der Waals surface area contributed by atoms with Crippen LogP contribution < -0.4 is 0 Å². The van der Waals surface area contributed by atoms with Crippen LogP contribution in [0.3, 0.4) is 0 Å². The minimum atomic E-state index is -0.337. The quantitative estimate of drug-likeness (QED) is 0.0844. The fourth-order valence-electron chi connectivity index (χ4n) is 6.52. The average molecular weight is 932 g/mol. The van der Waals surface area contributed by atoms with E-state index in [9.17, 15) is 9.90 Å². The van der Waals surface area contributed by atoms with Crippen LogP contribution in [0.5, 0.6) is 0 Å². The maximum absolute atomic E-state index is 12.2. The molecule has 6 rings (SSSR count). The molecule has 0 aliphatic heterocycles. The van der Waals surface area contributed by atoms with Crippen LogP contribution >= 0.6 is 34.0 Å². The summed E-state index contributed by atoms with van der Waals surface area (Å²) in [7, 11) is 0. The van der Waals surface area contributed by atoms with Crippen molar-refractivity contribution in [2.45, 2.75) is 121 Å². The first-order valence-corrected chi connectivity index (χ1v) is 21.0. The monoisotopic (exact) mass is 932 g/mol. The number of rotatable bonds is 10. The van der Waals surface area contributed by atoms with E-state index >= 15 is 0 Å². The third kappa shape index (κ3) is 8.12. The molecule has 281 valence electrons. The zero-order valence-corrected chi connectivity index (χ0v) is 37.8. The van der Waals surface area contributed by atoms with Gasteiger partial charge in [-0.2, -0.15) is 11.3 Å². The Morgan fingerprint density at radius 2 is 1.56 bits per heavy atom. The second-order valence-electron chi connectivity index (χ2n) is 16.0. The fraction of sp³-hybridized carbons (Fsp3) is 0.477. The molecule has 2 aromatic carbocycles. The Labute approximate surface area is 336 Å². The van der Waals surface area contributed by atoms with E-state index in [4.69, 9.17) is 9.97 Å². The number of hydrogen-bond donors (Lipinski definition) is 1. The van der Waals surface area contributed by atoms with Crippen molar-refractivity contribution in [3.8, 4) is 11.3 Å². The molecular formula is C44H55IrN2O2S3-. The van der Waals surface area contributed by atoms with Crippen molar-refractivity contribution in [1.29, 1.82) is 0 Å². The van der Waals surface area contributed by atoms with Gasteiger partial charge in [-0.05, 0) is 77.5 Å². The van der Waals surface area contributed by atoms with Crippen molar-refractivity contribution in [2.75, 3.05) is 0 Å². The Kier molecular flexibility index (Phi) is 13.4. The van der Waals surface area contributed by atoms with E-state index in [1.165, 1.54) is 52.3 Å². The first-order chi connectivity index (χ1) is 24.0. The zero-order chi connectivity index (χ0) is 37.5. The van der Waals surface area contributed by atoms with Gasteiger partial charge in [0.1, 0.15) is 12.1 Å². The van der Waals surface area contributed by atoms with Crippen molar-refractivity contribution >= 4 is 80.3 Å². The number of aryl methyl sites for hydroxylation is 1. The molecular weight excluding hydrogens is 877 g/mol. The van der Waals surface area contributed by atoms with Gasteiger partial charge in [-0.15, -0.1) is 46.3 Å². The van der Waals surface area contributed by atoms with Gasteiger partial charge in [-0.25, -0.2) is 4.98 Å². The number of thiophene rings is 3. The molecule has 8 heteroatoms. The molecule has 0 saturated heterocycles. The number of nitrogens with zero attached hydrogens (tertiary/aromatic N) is 2. The number of aliphatic hydroxyl groups excluding tert-OH is 1. The molecule has 52 heavy (non-hydrogen) atoms.